The Bertz CT molecular complexity index is 391. The average molecular weight is 222 g/mol. The second-order valence-electron chi connectivity index (χ2n) is 3.31. The summed E-state index contributed by atoms with van der Waals surface area (Å²) in [6.45, 7) is 1.52. The topological polar surface area (TPSA) is 29.5 Å². The molecule has 0 atom stereocenters. The summed E-state index contributed by atoms with van der Waals surface area (Å²) in [7, 11) is 0. The third kappa shape index (κ3) is 3.92. The van der Waals surface area contributed by atoms with E-state index < -0.39 is 6.67 Å². The number of benzene rings is 1. The summed E-state index contributed by atoms with van der Waals surface area (Å²) in [5.74, 6) is 6.32. The van der Waals surface area contributed by atoms with E-state index in [1.165, 1.54) is 0 Å². The lowest BCUT2D eigenvalue weighted by atomic mass is 10.1. The number of rotatable bonds is 4. The van der Waals surface area contributed by atoms with Crippen molar-refractivity contribution in [3.8, 4) is 17.6 Å². The number of hydrogen-bond acceptors (Lipinski definition) is 2. The molecule has 1 N–H and O–H groups in total. The monoisotopic (exact) mass is 222 g/mol. The first-order chi connectivity index (χ1) is 7.77. The first-order valence-corrected chi connectivity index (χ1v) is 5.17. The van der Waals surface area contributed by atoms with Crippen molar-refractivity contribution >= 4 is 0 Å². The first-order valence-electron chi connectivity index (χ1n) is 5.17. The van der Waals surface area contributed by atoms with Crippen LogP contribution in [0.5, 0.6) is 5.75 Å². The minimum atomic E-state index is -0.516. The Labute approximate surface area is 95.1 Å². The van der Waals surface area contributed by atoms with Crippen molar-refractivity contribution in [2.45, 2.75) is 13.3 Å². The van der Waals surface area contributed by atoms with Gasteiger partial charge in [-0.25, -0.2) is 4.39 Å². The quantitative estimate of drug-likeness (QED) is 0.790. The van der Waals surface area contributed by atoms with E-state index in [4.69, 9.17) is 9.84 Å². The van der Waals surface area contributed by atoms with Gasteiger partial charge in [-0.1, -0.05) is 17.9 Å². The van der Waals surface area contributed by atoms with Crippen LogP contribution < -0.4 is 4.74 Å². The summed E-state index contributed by atoms with van der Waals surface area (Å²) in [5.41, 5.74) is 1.81. The van der Waals surface area contributed by atoms with Crippen LogP contribution in [0.15, 0.2) is 18.2 Å². The van der Waals surface area contributed by atoms with Gasteiger partial charge in [-0.05, 0) is 24.6 Å². The Morgan fingerprint density at radius 1 is 1.44 bits per heavy atom. The molecular weight excluding hydrogens is 207 g/mol. The third-order valence-corrected chi connectivity index (χ3v) is 1.93. The summed E-state index contributed by atoms with van der Waals surface area (Å²) in [4.78, 5) is 0. The predicted molar refractivity (Wildman–Crippen MR) is 61.2 cm³/mol. The zero-order valence-electron chi connectivity index (χ0n) is 9.29. The maximum absolute atomic E-state index is 12.0. The second-order valence-corrected chi connectivity index (χ2v) is 3.31. The molecule has 0 fully saturated rings. The number of ether oxygens (including phenoxy) is 1. The summed E-state index contributed by atoms with van der Waals surface area (Å²) in [6.07, 6.45) is 0.427. The van der Waals surface area contributed by atoms with E-state index >= 15 is 0 Å². The lowest BCUT2D eigenvalue weighted by Gasteiger charge is -2.06. The van der Waals surface area contributed by atoms with Gasteiger partial charge in [-0.3, -0.25) is 0 Å². The molecule has 2 nitrogen and oxygen atoms in total. The van der Waals surface area contributed by atoms with Gasteiger partial charge in [0.2, 0.25) is 0 Å². The van der Waals surface area contributed by atoms with Crippen molar-refractivity contribution in [3.63, 3.8) is 0 Å². The maximum Gasteiger partial charge on any atom is 0.135 e. The fourth-order valence-corrected chi connectivity index (χ4v) is 1.23. The fourth-order valence-electron chi connectivity index (χ4n) is 1.23. The second kappa shape index (κ2) is 6.86. The molecule has 0 aliphatic carbocycles. The van der Waals surface area contributed by atoms with E-state index in [9.17, 15) is 4.39 Å². The molecule has 16 heavy (non-hydrogen) atoms. The summed E-state index contributed by atoms with van der Waals surface area (Å²) >= 11 is 0. The van der Waals surface area contributed by atoms with Crippen molar-refractivity contribution in [2.24, 2.45) is 0 Å². The highest BCUT2D eigenvalue weighted by Gasteiger charge is 2.01. The minimum Gasteiger partial charge on any atom is -0.490 e. The van der Waals surface area contributed by atoms with Gasteiger partial charge in [0.05, 0.1) is 12.2 Å². The zero-order valence-corrected chi connectivity index (χ0v) is 9.29. The van der Waals surface area contributed by atoms with Crippen molar-refractivity contribution in [2.75, 3.05) is 19.9 Å². The van der Waals surface area contributed by atoms with E-state index in [1.54, 1.807) is 6.07 Å². The van der Waals surface area contributed by atoms with Gasteiger partial charge in [-0.15, -0.1) is 0 Å². The summed E-state index contributed by atoms with van der Waals surface area (Å²) in [5, 5.41) is 8.63. The smallest absolute Gasteiger partial charge is 0.135 e. The lowest BCUT2D eigenvalue weighted by Crippen LogP contribution is -2.00. The first kappa shape index (κ1) is 12.5. The van der Waals surface area contributed by atoms with Gasteiger partial charge in [0.25, 0.3) is 0 Å². The van der Waals surface area contributed by atoms with E-state index in [0.29, 0.717) is 12.2 Å². The Balaban J connectivity index is 2.86. The molecule has 0 radical (unpaired) electrons. The number of aliphatic hydroxyl groups is 1. The van der Waals surface area contributed by atoms with E-state index in [2.05, 4.69) is 11.8 Å². The van der Waals surface area contributed by atoms with Gasteiger partial charge in [0.15, 0.2) is 0 Å². The lowest BCUT2D eigenvalue weighted by molar-refractivity contribution is 0.272. The zero-order chi connectivity index (χ0) is 11.8. The van der Waals surface area contributed by atoms with Crippen LogP contribution in [0.1, 0.15) is 17.5 Å². The molecule has 0 aliphatic heterocycles. The number of hydrogen-bond donors (Lipinski definition) is 1. The third-order valence-electron chi connectivity index (χ3n) is 1.93. The summed E-state index contributed by atoms with van der Waals surface area (Å²) < 4.78 is 17.2. The molecule has 1 aromatic rings. The fraction of sp³-hybridized carbons (Fsp3) is 0.385. The van der Waals surface area contributed by atoms with Crippen molar-refractivity contribution in [3.05, 3.63) is 29.3 Å². The molecule has 0 bridgehead atoms. The van der Waals surface area contributed by atoms with Crippen molar-refractivity contribution in [1.82, 2.24) is 0 Å². The Kier molecular flexibility index (Phi) is 5.38. The van der Waals surface area contributed by atoms with Crippen molar-refractivity contribution < 1.29 is 14.2 Å². The standard InChI is InChI=1S/C13H15FO2/c1-11-5-6-13(16-9-7-14)12(10-11)4-2-3-8-15/h5-6,10,15H,3,7-9H2,1H3. The number of aryl methyl sites for hydroxylation is 1. The molecule has 0 spiro atoms. The predicted octanol–water partition coefficient (Wildman–Crippen LogP) is 2.08. The number of aliphatic hydroxyl groups excluding tert-OH is 1. The highest BCUT2D eigenvalue weighted by Crippen LogP contribution is 2.18. The molecule has 0 unspecified atom stereocenters. The van der Waals surface area contributed by atoms with Gasteiger partial charge in [0, 0.05) is 6.42 Å². The van der Waals surface area contributed by atoms with Crippen LogP contribution in [0, 0.1) is 18.8 Å². The van der Waals surface area contributed by atoms with Crippen LogP contribution in [0.2, 0.25) is 0 Å². The molecule has 0 aromatic heterocycles. The van der Waals surface area contributed by atoms with Crippen LogP contribution in [0.25, 0.3) is 0 Å². The van der Waals surface area contributed by atoms with Gasteiger partial charge < -0.3 is 9.84 Å². The van der Waals surface area contributed by atoms with Crippen LogP contribution in [-0.2, 0) is 0 Å². The molecule has 1 rings (SSSR count). The number of halogens is 1. The van der Waals surface area contributed by atoms with Gasteiger partial charge >= 0.3 is 0 Å². The molecule has 3 heteroatoms. The Morgan fingerprint density at radius 2 is 2.25 bits per heavy atom. The average Bonchev–Trinajstić information content (AvgIpc) is 2.28. The van der Waals surface area contributed by atoms with Crippen molar-refractivity contribution in [1.29, 1.82) is 0 Å². The largest absolute Gasteiger partial charge is 0.490 e. The molecule has 0 amide bonds. The molecule has 1 aromatic carbocycles. The SMILES string of the molecule is Cc1ccc(OCCF)c(C#CCCO)c1. The Morgan fingerprint density at radius 3 is 2.94 bits per heavy atom. The normalized spacial score (nSPS) is 9.44. The summed E-state index contributed by atoms with van der Waals surface area (Å²) in [6, 6.07) is 5.57. The van der Waals surface area contributed by atoms with Gasteiger partial charge in [0.1, 0.15) is 19.0 Å². The Hall–Kier alpha value is -1.53. The van der Waals surface area contributed by atoms with Crippen LogP contribution in [-0.4, -0.2) is 25.0 Å². The molecule has 0 aliphatic rings. The molecule has 0 heterocycles. The molecule has 0 saturated carbocycles. The van der Waals surface area contributed by atoms with Crippen LogP contribution >= 0.6 is 0 Å². The number of alkyl halides is 1. The van der Waals surface area contributed by atoms with Gasteiger partial charge in [-0.2, -0.15) is 0 Å². The van der Waals surface area contributed by atoms with E-state index in [0.717, 1.165) is 11.1 Å². The molecule has 86 valence electrons. The highest BCUT2D eigenvalue weighted by molar-refractivity contribution is 5.48. The highest BCUT2D eigenvalue weighted by atomic mass is 19.1. The van der Waals surface area contributed by atoms with Crippen LogP contribution in [0.3, 0.4) is 0 Å². The minimum absolute atomic E-state index is 0.0394. The molecule has 0 saturated heterocycles. The van der Waals surface area contributed by atoms with E-state index in [-0.39, 0.29) is 13.2 Å². The van der Waals surface area contributed by atoms with Crippen LogP contribution in [0.4, 0.5) is 4.39 Å². The maximum atomic E-state index is 12.0. The molecular formula is C13H15FO2. The van der Waals surface area contributed by atoms with E-state index in [1.807, 2.05) is 19.1 Å².